The van der Waals surface area contributed by atoms with E-state index in [9.17, 15) is 9.18 Å². The van der Waals surface area contributed by atoms with E-state index in [4.69, 9.17) is 21.1 Å². The summed E-state index contributed by atoms with van der Waals surface area (Å²) in [6.45, 7) is 0.407. The first-order valence-corrected chi connectivity index (χ1v) is 7.62. The monoisotopic (exact) mass is 352 g/mol. The molecule has 2 aromatic carbocycles. The molecular weight excluding hydrogens is 335 g/mol. The molecule has 5 nitrogen and oxygen atoms in total. The van der Waals surface area contributed by atoms with Crippen molar-refractivity contribution in [3.63, 3.8) is 0 Å². The van der Waals surface area contributed by atoms with Crippen molar-refractivity contribution in [2.75, 3.05) is 26.1 Å². The lowest BCUT2D eigenvalue weighted by atomic mass is 10.1. The van der Waals surface area contributed by atoms with Crippen LogP contribution in [0.15, 0.2) is 36.4 Å². The molecular formula is C17H18ClFN2O3. The summed E-state index contributed by atoms with van der Waals surface area (Å²) in [5.41, 5.74) is 1.38. The molecule has 0 spiro atoms. The van der Waals surface area contributed by atoms with Crippen LogP contribution >= 0.6 is 11.6 Å². The van der Waals surface area contributed by atoms with Gasteiger partial charge in [0.2, 0.25) is 0 Å². The van der Waals surface area contributed by atoms with Gasteiger partial charge >= 0.3 is 6.03 Å². The molecule has 2 rings (SSSR count). The van der Waals surface area contributed by atoms with E-state index in [0.717, 1.165) is 5.56 Å². The molecule has 0 aliphatic carbocycles. The minimum Gasteiger partial charge on any atom is -0.495 e. The van der Waals surface area contributed by atoms with Gasteiger partial charge < -0.3 is 20.1 Å². The Labute approximate surface area is 144 Å². The van der Waals surface area contributed by atoms with Crippen LogP contribution in [-0.4, -0.2) is 26.8 Å². The summed E-state index contributed by atoms with van der Waals surface area (Å²) in [5, 5.41) is 5.80. The van der Waals surface area contributed by atoms with Gasteiger partial charge in [0.15, 0.2) is 0 Å². The van der Waals surface area contributed by atoms with Crippen molar-refractivity contribution in [2.24, 2.45) is 0 Å². The summed E-state index contributed by atoms with van der Waals surface area (Å²) in [5.74, 6) is 0.571. The zero-order valence-electron chi connectivity index (χ0n) is 13.4. The highest BCUT2D eigenvalue weighted by Crippen LogP contribution is 2.35. The summed E-state index contributed by atoms with van der Waals surface area (Å²) in [6.07, 6.45) is 0.592. The Morgan fingerprint density at radius 2 is 1.79 bits per heavy atom. The fourth-order valence-electron chi connectivity index (χ4n) is 2.10. The average Bonchev–Trinajstić information content (AvgIpc) is 2.57. The lowest BCUT2D eigenvalue weighted by molar-refractivity contribution is 0.252. The number of carbonyl (C=O) groups excluding carboxylic acids is 1. The van der Waals surface area contributed by atoms with Crippen LogP contribution in [0.4, 0.5) is 14.9 Å². The van der Waals surface area contributed by atoms with Crippen LogP contribution in [-0.2, 0) is 6.42 Å². The number of ether oxygens (including phenoxy) is 2. The average molecular weight is 353 g/mol. The molecule has 2 N–H and O–H groups in total. The van der Waals surface area contributed by atoms with Crippen LogP contribution in [0.25, 0.3) is 0 Å². The molecule has 24 heavy (non-hydrogen) atoms. The third kappa shape index (κ3) is 4.76. The highest BCUT2D eigenvalue weighted by molar-refractivity contribution is 6.32. The number of anilines is 1. The molecule has 2 aromatic rings. The van der Waals surface area contributed by atoms with Gasteiger partial charge in [-0.3, -0.25) is 0 Å². The maximum atomic E-state index is 12.8. The van der Waals surface area contributed by atoms with Crippen molar-refractivity contribution in [1.29, 1.82) is 0 Å². The second kappa shape index (κ2) is 8.40. The molecule has 7 heteroatoms. The largest absolute Gasteiger partial charge is 0.495 e. The quantitative estimate of drug-likeness (QED) is 0.830. The first-order valence-electron chi connectivity index (χ1n) is 7.24. The van der Waals surface area contributed by atoms with Gasteiger partial charge in [0.1, 0.15) is 17.3 Å². The minimum atomic E-state index is -0.389. The molecule has 0 unspecified atom stereocenters. The predicted molar refractivity (Wildman–Crippen MR) is 91.7 cm³/mol. The maximum absolute atomic E-state index is 12.8. The van der Waals surface area contributed by atoms with E-state index in [-0.39, 0.29) is 11.8 Å². The fourth-order valence-corrected chi connectivity index (χ4v) is 2.33. The third-order valence-corrected chi connectivity index (χ3v) is 3.63. The predicted octanol–water partition coefficient (Wildman–Crippen LogP) is 3.86. The highest BCUT2D eigenvalue weighted by Gasteiger charge is 2.12. The van der Waals surface area contributed by atoms with E-state index in [2.05, 4.69) is 10.6 Å². The lowest BCUT2D eigenvalue weighted by Gasteiger charge is -2.13. The third-order valence-electron chi connectivity index (χ3n) is 3.33. The number of benzene rings is 2. The van der Waals surface area contributed by atoms with Crippen LogP contribution in [0, 0.1) is 5.82 Å². The minimum absolute atomic E-state index is 0.284. The van der Waals surface area contributed by atoms with Crippen LogP contribution in [0.5, 0.6) is 11.5 Å². The summed E-state index contributed by atoms with van der Waals surface area (Å²) in [6, 6.07) is 8.90. The number of urea groups is 1. The van der Waals surface area contributed by atoms with Gasteiger partial charge in [0, 0.05) is 18.7 Å². The first-order chi connectivity index (χ1) is 11.5. The normalized spacial score (nSPS) is 10.2. The first kappa shape index (κ1) is 17.9. The number of hydrogen-bond acceptors (Lipinski definition) is 3. The Bertz CT molecular complexity index is 708. The van der Waals surface area contributed by atoms with E-state index in [1.807, 2.05) is 0 Å². The van der Waals surface area contributed by atoms with Crippen molar-refractivity contribution in [3.8, 4) is 11.5 Å². The molecule has 0 fully saturated rings. The molecule has 128 valence electrons. The smallest absolute Gasteiger partial charge is 0.319 e. The van der Waals surface area contributed by atoms with E-state index < -0.39 is 0 Å². The van der Waals surface area contributed by atoms with Crippen molar-refractivity contribution >= 4 is 23.3 Å². The molecule has 0 heterocycles. The Kier molecular flexibility index (Phi) is 6.26. The van der Waals surface area contributed by atoms with E-state index in [1.165, 1.54) is 26.4 Å². The Morgan fingerprint density at radius 1 is 1.12 bits per heavy atom. The van der Waals surface area contributed by atoms with Crippen LogP contribution in [0.2, 0.25) is 5.02 Å². The zero-order valence-corrected chi connectivity index (χ0v) is 14.1. The van der Waals surface area contributed by atoms with E-state index in [1.54, 1.807) is 24.3 Å². The van der Waals surface area contributed by atoms with Gasteiger partial charge in [-0.15, -0.1) is 0 Å². The number of rotatable bonds is 6. The SMILES string of the molecule is COc1cc(NC(=O)NCCc2ccc(F)cc2)c(OC)cc1Cl. The van der Waals surface area contributed by atoms with E-state index in [0.29, 0.717) is 35.2 Å². The summed E-state index contributed by atoms with van der Waals surface area (Å²) in [7, 11) is 2.97. The van der Waals surface area contributed by atoms with Crippen LogP contribution in [0.1, 0.15) is 5.56 Å². The van der Waals surface area contributed by atoms with Gasteiger partial charge in [-0.2, -0.15) is 0 Å². The maximum Gasteiger partial charge on any atom is 0.319 e. The van der Waals surface area contributed by atoms with Gasteiger partial charge in [-0.25, -0.2) is 9.18 Å². The molecule has 0 radical (unpaired) electrons. The van der Waals surface area contributed by atoms with E-state index >= 15 is 0 Å². The summed E-state index contributed by atoms with van der Waals surface area (Å²) >= 11 is 6.02. The number of halogens is 2. The van der Waals surface area contributed by atoms with Crippen molar-refractivity contribution < 1.29 is 18.7 Å². The topological polar surface area (TPSA) is 59.6 Å². The number of nitrogens with one attached hydrogen (secondary N) is 2. The standard InChI is InChI=1S/C17H18ClFN2O3/c1-23-15-10-14(16(24-2)9-13(15)18)21-17(22)20-8-7-11-3-5-12(19)6-4-11/h3-6,9-10H,7-8H2,1-2H3,(H2,20,21,22). The Hall–Kier alpha value is -2.47. The second-order valence-corrected chi connectivity index (χ2v) is 5.35. The summed E-state index contributed by atoms with van der Waals surface area (Å²) < 4.78 is 23.1. The summed E-state index contributed by atoms with van der Waals surface area (Å²) in [4.78, 5) is 12.0. The molecule has 0 bridgehead atoms. The lowest BCUT2D eigenvalue weighted by Crippen LogP contribution is -2.30. The number of hydrogen-bond donors (Lipinski definition) is 2. The van der Waals surface area contributed by atoms with Gasteiger partial charge in [0.25, 0.3) is 0 Å². The molecule has 0 saturated carbocycles. The van der Waals surface area contributed by atoms with Gasteiger partial charge in [-0.05, 0) is 24.1 Å². The van der Waals surface area contributed by atoms with Crippen LogP contribution < -0.4 is 20.1 Å². The number of carbonyl (C=O) groups is 1. The molecule has 0 aromatic heterocycles. The molecule has 0 saturated heterocycles. The van der Waals surface area contributed by atoms with Gasteiger partial charge in [0.05, 0.1) is 24.9 Å². The molecule has 0 aliphatic rings. The molecule has 0 atom stereocenters. The van der Waals surface area contributed by atoms with Crippen molar-refractivity contribution in [3.05, 3.63) is 52.8 Å². The molecule has 0 aliphatic heterocycles. The number of methoxy groups -OCH3 is 2. The van der Waals surface area contributed by atoms with Crippen LogP contribution in [0.3, 0.4) is 0 Å². The zero-order chi connectivity index (χ0) is 17.5. The highest BCUT2D eigenvalue weighted by atomic mass is 35.5. The Balaban J connectivity index is 1.93. The van der Waals surface area contributed by atoms with Gasteiger partial charge in [-0.1, -0.05) is 23.7 Å². The number of amides is 2. The second-order valence-electron chi connectivity index (χ2n) is 4.94. The van der Waals surface area contributed by atoms with Crippen molar-refractivity contribution in [2.45, 2.75) is 6.42 Å². The van der Waals surface area contributed by atoms with Crippen molar-refractivity contribution in [1.82, 2.24) is 5.32 Å². The molecule has 2 amide bonds. The fraction of sp³-hybridized carbons (Fsp3) is 0.235. The Morgan fingerprint density at radius 3 is 2.42 bits per heavy atom.